The molecule has 0 amide bonds. The number of para-hydroxylation sites is 1. The van der Waals surface area contributed by atoms with Gasteiger partial charge in [-0.05, 0) is 47.5 Å². The van der Waals surface area contributed by atoms with Crippen molar-refractivity contribution in [3.8, 4) is 5.75 Å². The standard InChI is InChI=1S/C22H17ClN2O3/c23-16-9-6-14(7-10-16)19-13-20(25(24-19)17-4-2-1-3-5-17)15-8-11-21(26)18(12-15)22(27)28/h1-12,20,26H,13H2,(H,27,28). The molecule has 0 bridgehead atoms. The highest BCUT2D eigenvalue weighted by molar-refractivity contribution is 6.30. The van der Waals surface area contributed by atoms with Crippen molar-refractivity contribution in [1.82, 2.24) is 0 Å². The van der Waals surface area contributed by atoms with Gasteiger partial charge >= 0.3 is 5.97 Å². The van der Waals surface area contributed by atoms with Crippen LogP contribution in [0, 0.1) is 0 Å². The molecule has 1 aliphatic rings. The summed E-state index contributed by atoms with van der Waals surface area (Å²) in [5.74, 6) is -1.41. The van der Waals surface area contributed by atoms with Crippen molar-refractivity contribution in [1.29, 1.82) is 0 Å². The molecule has 0 saturated carbocycles. The third-order valence-electron chi connectivity index (χ3n) is 4.74. The maximum absolute atomic E-state index is 11.4. The van der Waals surface area contributed by atoms with Crippen molar-refractivity contribution in [3.63, 3.8) is 0 Å². The van der Waals surface area contributed by atoms with Crippen LogP contribution in [-0.2, 0) is 0 Å². The molecule has 140 valence electrons. The summed E-state index contributed by atoms with van der Waals surface area (Å²) in [5.41, 5.74) is 3.40. The molecular formula is C22H17ClN2O3. The van der Waals surface area contributed by atoms with Crippen molar-refractivity contribution < 1.29 is 15.0 Å². The van der Waals surface area contributed by atoms with Gasteiger partial charge in [-0.2, -0.15) is 5.10 Å². The third-order valence-corrected chi connectivity index (χ3v) is 5.00. The third kappa shape index (κ3) is 3.44. The number of hydrogen-bond acceptors (Lipinski definition) is 4. The minimum atomic E-state index is -1.16. The molecule has 6 heteroatoms. The fraction of sp³-hybridized carbons (Fsp3) is 0.0909. The molecule has 0 radical (unpaired) electrons. The molecule has 0 fully saturated rings. The Morgan fingerprint density at radius 2 is 1.75 bits per heavy atom. The number of carboxylic acid groups (broad SMARTS) is 1. The van der Waals surface area contributed by atoms with Crippen LogP contribution < -0.4 is 5.01 Å². The first-order chi connectivity index (χ1) is 13.5. The van der Waals surface area contributed by atoms with Gasteiger partial charge in [0.2, 0.25) is 0 Å². The van der Waals surface area contributed by atoms with Crippen LogP contribution in [0.1, 0.15) is 33.9 Å². The Bertz CT molecular complexity index is 1050. The van der Waals surface area contributed by atoms with Crippen LogP contribution >= 0.6 is 11.6 Å². The van der Waals surface area contributed by atoms with Gasteiger partial charge in [-0.3, -0.25) is 5.01 Å². The van der Waals surface area contributed by atoms with Gasteiger partial charge in [0.1, 0.15) is 11.3 Å². The van der Waals surface area contributed by atoms with E-state index in [0.717, 1.165) is 22.5 Å². The van der Waals surface area contributed by atoms with Crippen LogP contribution in [0.5, 0.6) is 5.75 Å². The molecule has 0 aromatic heterocycles. The minimum Gasteiger partial charge on any atom is -0.507 e. The van der Waals surface area contributed by atoms with Crippen LogP contribution in [-0.4, -0.2) is 21.9 Å². The van der Waals surface area contributed by atoms with E-state index in [-0.39, 0.29) is 17.4 Å². The number of carbonyl (C=O) groups is 1. The molecule has 0 aliphatic carbocycles. The van der Waals surface area contributed by atoms with Crippen LogP contribution in [0.3, 0.4) is 0 Å². The van der Waals surface area contributed by atoms with E-state index in [9.17, 15) is 15.0 Å². The number of aromatic hydroxyl groups is 1. The number of benzene rings is 3. The van der Waals surface area contributed by atoms with Crippen molar-refractivity contribution in [2.75, 3.05) is 5.01 Å². The summed E-state index contributed by atoms with van der Waals surface area (Å²) in [4.78, 5) is 11.4. The minimum absolute atomic E-state index is 0.120. The Morgan fingerprint density at radius 3 is 2.43 bits per heavy atom. The van der Waals surface area contributed by atoms with Gasteiger partial charge in [-0.15, -0.1) is 0 Å². The normalized spacial score (nSPS) is 16.1. The second-order valence-electron chi connectivity index (χ2n) is 6.54. The molecule has 1 heterocycles. The Labute approximate surface area is 167 Å². The summed E-state index contributed by atoms with van der Waals surface area (Å²) in [7, 11) is 0. The van der Waals surface area contributed by atoms with Crippen LogP contribution in [0.25, 0.3) is 0 Å². The first kappa shape index (κ1) is 18.1. The second kappa shape index (κ2) is 7.37. The first-order valence-corrected chi connectivity index (χ1v) is 9.14. The van der Waals surface area contributed by atoms with Gasteiger partial charge in [0.05, 0.1) is 17.4 Å². The average molecular weight is 393 g/mol. The predicted octanol–water partition coefficient (Wildman–Crippen LogP) is 5.10. The van der Waals surface area contributed by atoms with Gasteiger partial charge < -0.3 is 10.2 Å². The van der Waals surface area contributed by atoms with E-state index in [4.69, 9.17) is 16.7 Å². The van der Waals surface area contributed by atoms with Crippen molar-refractivity contribution in [2.45, 2.75) is 12.5 Å². The van der Waals surface area contributed by atoms with Crippen molar-refractivity contribution in [2.24, 2.45) is 5.10 Å². The van der Waals surface area contributed by atoms with E-state index >= 15 is 0 Å². The van der Waals surface area contributed by atoms with Crippen LogP contribution in [0.15, 0.2) is 77.9 Å². The molecule has 28 heavy (non-hydrogen) atoms. The van der Waals surface area contributed by atoms with E-state index in [1.54, 1.807) is 6.07 Å². The summed E-state index contributed by atoms with van der Waals surface area (Å²) in [6.45, 7) is 0. The smallest absolute Gasteiger partial charge is 0.339 e. The Kier molecular flexibility index (Phi) is 4.75. The summed E-state index contributed by atoms with van der Waals surface area (Å²) in [6.07, 6.45) is 0.598. The highest BCUT2D eigenvalue weighted by atomic mass is 35.5. The Hall–Kier alpha value is -3.31. The molecule has 5 nitrogen and oxygen atoms in total. The molecule has 4 rings (SSSR count). The van der Waals surface area contributed by atoms with Crippen molar-refractivity contribution in [3.05, 3.63) is 94.5 Å². The first-order valence-electron chi connectivity index (χ1n) is 8.77. The van der Waals surface area contributed by atoms with Crippen molar-refractivity contribution >= 4 is 29.0 Å². The SMILES string of the molecule is O=C(O)c1cc(C2CC(c3ccc(Cl)cc3)=NN2c2ccccc2)ccc1O. The number of halogens is 1. The lowest BCUT2D eigenvalue weighted by atomic mass is 9.96. The molecule has 1 unspecified atom stereocenters. The zero-order chi connectivity index (χ0) is 19.7. The van der Waals surface area contributed by atoms with E-state index in [2.05, 4.69) is 0 Å². The molecule has 3 aromatic rings. The van der Waals surface area contributed by atoms with Crippen LogP contribution in [0.2, 0.25) is 5.02 Å². The lowest BCUT2D eigenvalue weighted by Crippen LogP contribution is -2.18. The monoisotopic (exact) mass is 392 g/mol. The lowest BCUT2D eigenvalue weighted by molar-refractivity contribution is 0.0693. The van der Waals surface area contributed by atoms with Gasteiger partial charge in [0, 0.05) is 11.4 Å². The fourth-order valence-corrected chi connectivity index (χ4v) is 3.46. The fourth-order valence-electron chi connectivity index (χ4n) is 3.34. The molecule has 3 aromatic carbocycles. The summed E-state index contributed by atoms with van der Waals surface area (Å²) in [6, 6.07) is 21.7. The number of aromatic carboxylic acids is 1. The number of anilines is 1. The van der Waals surface area contributed by atoms with E-state index in [0.29, 0.717) is 11.4 Å². The maximum Gasteiger partial charge on any atom is 0.339 e. The highest BCUT2D eigenvalue weighted by Gasteiger charge is 2.30. The largest absolute Gasteiger partial charge is 0.507 e. The maximum atomic E-state index is 11.4. The van der Waals surface area contributed by atoms with Gasteiger partial charge in [-0.25, -0.2) is 4.79 Å². The lowest BCUT2D eigenvalue weighted by Gasteiger charge is -2.24. The Balaban J connectivity index is 1.77. The number of hydrogen-bond donors (Lipinski definition) is 2. The van der Waals surface area contributed by atoms with Crippen LogP contribution in [0.4, 0.5) is 5.69 Å². The molecule has 1 atom stereocenters. The number of nitrogens with zero attached hydrogens (tertiary/aromatic N) is 2. The second-order valence-corrected chi connectivity index (χ2v) is 6.97. The predicted molar refractivity (Wildman–Crippen MR) is 109 cm³/mol. The summed E-state index contributed by atoms with van der Waals surface area (Å²) < 4.78 is 0. The Morgan fingerprint density at radius 1 is 1.04 bits per heavy atom. The highest BCUT2D eigenvalue weighted by Crippen LogP contribution is 2.38. The van der Waals surface area contributed by atoms with E-state index in [1.807, 2.05) is 59.6 Å². The van der Waals surface area contributed by atoms with Gasteiger partial charge in [0.25, 0.3) is 0 Å². The topological polar surface area (TPSA) is 73.1 Å². The molecule has 2 N–H and O–H groups in total. The van der Waals surface area contributed by atoms with Gasteiger partial charge in [-0.1, -0.05) is 48.0 Å². The molecular weight excluding hydrogens is 376 g/mol. The zero-order valence-corrected chi connectivity index (χ0v) is 15.5. The van der Waals surface area contributed by atoms with Gasteiger partial charge in [0.15, 0.2) is 0 Å². The number of carboxylic acids is 1. The van der Waals surface area contributed by atoms with E-state index < -0.39 is 5.97 Å². The number of hydrazone groups is 1. The molecule has 0 saturated heterocycles. The number of phenols is 1. The number of rotatable bonds is 4. The summed E-state index contributed by atoms with van der Waals surface area (Å²) in [5, 5.41) is 26.6. The zero-order valence-electron chi connectivity index (χ0n) is 14.8. The van der Waals surface area contributed by atoms with E-state index in [1.165, 1.54) is 12.1 Å². The average Bonchev–Trinajstić information content (AvgIpc) is 3.15. The molecule has 0 spiro atoms. The molecule has 1 aliphatic heterocycles. The quantitative estimate of drug-likeness (QED) is 0.647. The summed E-state index contributed by atoms with van der Waals surface area (Å²) >= 11 is 6.00.